The Morgan fingerprint density at radius 1 is 0.909 bits per heavy atom. The van der Waals surface area contributed by atoms with E-state index in [-0.39, 0.29) is 5.82 Å². The van der Waals surface area contributed by atoms with Gasteiger partial charge in [0, 0.05) is 35.5 Å². The van der Waals surface area contributed by atoms with Gasteiger partial charge >= 0.3 is 6.18 Å². The van der Waals surface area contributed by atoms with E-state index >= 15 is 0 Å². The molecule has 0 aromatic heterocycles. The highest BCUT2D eigenvalue weighted by molar-refractivity contribution is 7.99. The molecule has 5 rings (SSSR count). The van der Waals surface area contributed by atoms with Crippen molar-refractivity contribution in [3.8, 4) is 0 Å². The van der Waals surface area contributed by atoms with Crippen LogP contribution in [0, 0.1) is 11.7 Å². The topological polar surface area (TPSA) is 29.3 Å². The molecule has 2 nitrogen and oxygen atoms in total. The van der Waals surface area contributed by atoms with Gasteiger partial charge in [-0.15, -0.1) is 0 Å². The van der Waals surface area contributed by atoms with Gasteiger partial charge < -0.3 is 10.6 Å². The number of rotatable bonds is 2. The Labute approximate surface area is 196 Å². The average Bonchev–Trinajstić information content (AvgIpc) is 2.78. The van der Waals surface area contributed by atoms with Crippen LogP contribution in [0.3, 0.4) is 0 Å². The van der Waals surface area contributed by atoms with Crippen LogP contribution in [0.1, 0.15) is 55.2 Å². The van der Waals surface area contributed by atoms with E-state index in [4.69, 9.17) is 5.73 Å². The lowest BCUT2D eigenvalue weighted by Crippen LogP contribution is -2.37. The molecule has 0 spiro atoms. The second-order valence-corrected chi connectivity index (χ2v) is 10.6. The number of hydrogen-bond donors (Lipinski definition) is 1. The number of nitrogens with two attached hydrogens (primary N) is 1. The van der Waals surface area contributed by atoms with E-state index in [2.05, 4.69) is 4.90 Å². The van der Waals surface area contributed by atoms with Crippen molar-refractivity contribution < 1.29 is 17.6 Å². The van der Waals surface area contributed by atoms with Crippen molar-refractivity contribution in [3.05, 3.63) is 64.5 Å². The summed E-state index contributed by atoms with van der Waals surface area (Å²) in [6.45, 7) is 2.88. The average molecular weight is 477 g/mol. The molecule has 7 heteroatoms. The zero-order chi connectivity index (χ0) is 23.2. The maximum Gasteiger partial charge on any atom is 0.416 e. The second kappa shape index (κ2) is 9.08. The Hall–Kier alpha value is -1.83. The maximum absolute atomic E-state index is 14.0. The second-order valence-electron chi connectivity index (χ2n) is 9.51. The van der Waals surface area contributed by atoms with E-state index < -0.39 is 11.7 Å². The lowest BCUT2D eigenvalue weighted by Gasteiger charge is -2.35. The van der Waals surface area contributed by atoms with Crippen molar-refractivity contribution in [2.24, 2.45) is 11.7 Å². The highest BCUT2D eigenvalue weighted by Gasteiger charge is 2.34. The van der Waals surface area contributed by atoms with E-state index in [0.29, 0.717) is 17.5 Å². The summed E-state index contributed by atoms with van der Waals surface area (Å²) in [5.41, 5.74) is 8.91. The number of likely N-dealkylation sites (tertiary alicyclic amines) is 1. The molecule has 2 aromatic carbocycles. The molecule has 1 saturated heterocycles. The molecule has 3 aliphatic rings. The fourth-order valence-electron chi connectivity index (χ4n) is 5.41. The van der Waals surface area contributed by atoms with Gasteiger partial charge in [-0.2, -0.15) is 13.2 Å². The van der Waals surface area contributed by atoms with Crippen LogP contribution >= 0.6 is 11.8 Å². The van der Waals surface area contributed by atoms with E-state index in [9.17, 15) is 17.6 Å². The molecule has 2 aliphatic heterocycles. The van der Waals surface area contributed by atoms with Crippen molar-refractivity contribution in [3.63, 3.8) is 0 Å². The quantitative estimate of drug-likeness (QED) is 0.416. The first-order valence-corrected chi connectivity index (χ1v) is 12.5. The first-order valence-electron chi connectivity index (χ1n) is 11.7. The molecule has 1 saturated carbocycles. The molecular weight excluding hydrogens is 448 g/mol. The molecule has 176 valence electrons. The number of nitrogens with zero attached hydrogens (tertiary/aromatic N) is 1. The molecule has 0 bridgehead atoms. The minimum Gasteiger partial charge on any atom is -0.328 e. The molecule has 2 aromatic rings. The van der Waals surface area contributed by atoms with Crippen molar-refractivity contribution in [2.45, 2.75) is 60.5 Å². The smallest absolute Gasteiger partial charge is 0.328 e. The third-order valence-electron chi connectivity index (χ3n) is 7.23. The van der Waals surface area contributed by atoms with E-state index in [1.807, 2.05) is 0 Å². The standard InChI is InChI=1S/C26H28F4N2S/c27-19-4-7-21-24(14-19)33-23-8-3-18(26(28,29)30)13-22(23)25(21)17-9-11-32(12-10-17)15-16-1-5-20(31)6-2-16/h3-4,7-8,13-14,16,20H,1-2,5-6,9-12,15,31H2. The summed E-state index contributed by atoms with van der Waals surface area (Å²) in [5, 5.41) is 0. The fraction of sp³-hybridized carbons (Fsp3) is 0.462. The molecule has 0 amide bonds. The third-order valence-corrected chi connectivity index (χ3v) is 8.36. The van der Waals surface area contributed by atoms with Gasteiger partial charge in [0.1, 0.15) is 5.82 Å². The Bertz CT molecular complexity index is 1060. The van der Waals surface area contributed by atoms with Crippen LogP contribution in [-0.2, 0) is 6.18 Å². The molecule has 0 radical (unpaired) electrons. The van der Waals surface area contributed by atoms with Gasteiger partial charge in [-0.3, -0.25) is 0 Å². The number of fused-ring (bicyclic) bond motifs is 2. The zero-order valence-electron chi connectivity index (χ0n) is 18.4. The van der Waals surface area contributed by atoms with E-state index in [0.717, 1.165) is 72.3 Å². The summed E-state index contributed by atoms with van der Waals surface area (Å²) in [6.07, 6.45) is 1.78. The molecule has 33 heavy (non-hydrogen) atoms. The summed E-state index contributed by atoms with van der Waals surface area (Å²) < 4.78 is 54.4. The number of halogens is 4. The van der Waals surface area contributed by atoms with Crippen LogP contribution in [0.25, 0.3) is 5.57 Å². The van der Waals surface area contributed by atoms with Gasteiger partial charge in [0.15, 0.2) is 0 Å². The highest BCUT2D eigenvalue weighted by atomic mass is 32.2. The van der Waals surface area contributed by atoms with Crippen LogP contribution in [0.5, 0.6) is 0 Å². The highest BCUT2D eigenvalue weighted by Crippen LogP contribution is 2.49. The van der Waals surface area contributed by atoms with Crippen molar-refractivity contribution in [2.75, 3.05) is 19.6 Å². The largest absolute Gasteiger partial charge is 0.416 e. The zero-order valence-corrected chi connectivity index (χ0v) is 19.2. The van der Waals surface area contributed by atoms with E-state index in [1.165, 1.54) is 54.4 Å². The molecule has 1 aliphatic carbocycles. The van der Waals surface area contributed by atoms with Crippen LogP contribution in [0.2, 0.25) is 0 Å². The summed E-state index contributed by atoms with van der Waals surface area (Å²) in [7, 11) is 0. The lowest BCUT2D eigenvalue weighted by atomic mass is 9.84. The number of benzene rings is 2. The first-order chi connectivity index (χ1) is 15.8. The van der Waals surface area contributed by atoms with Crippen molar-refractivity contribution in [1.29, 1.82) is 0 Å². The molecule has 2 N–H and O–H groups in total. The Morgan fingerprint density at radius 3 is 2.33 bits per heavy atom. The normalized spacial score (nSPS) is 23.9. The Kier molecular flexibility index (Phi) is 6.31. The van der Waals surface area contributed by atoms with Gasteiger partial charge in [0.25, 0.3) is 0 Å². The van der Waals surface area contributed by atoms with Crippen molar-refractivity contribution >= 4 is 17.3 Å². The third kappa shape index (κ3) is 4.86. The maximum atomic E-state index is 14.0. The number of hydrogen-bond acceptors (Lipinski definition) is 3. The predicted octanol–water partition coefficient (Wildman–Crippen LogP) is 6.72. The minimum absolute atomic E-state index is 0.331. The predicted molar refractivity (Wildman–Crippen MR) is 124 cm³/mol. The molecule has 2 fully saturated rings. The first kappa shape index (κ1) is 22.9. The van der Waals surface area contributed by atoms with Crippen LogP contribution < -0.4 is 5.73 Å². The van der Waals surface area contributed by atoms with Gasteiger partial charge in [-0.1, -0.05) is 23.4 Å². The number of piperidine rings is 1. The molecular formula is C26H28F4N2S. The van der Waals surface area contributed by atoms with Gasteiger partial charge in [-0.05, 0) is 91.5 Å². The van der Waals surface area contributed by atoms with Gasteiger partial charge in [0.05, 0.1) is 5.56 Å². The summed E-state index contributed by atoms with van der Waals surface area (Å²) in [6, 6.07) is 8.88. The van der Waals surface area contributed by atoms with Crippen molar-refractivity contribution in [1.82, 2.24) is 4.90 Å². The van der Waals surface area contributed by atoms with Crippen LogP contribution in [0.4, 0.5) is 17.6 Å². The molecule has 2 heterocycles. The van der Waals surface area contributed by atoms with Crippen LogP contribution in [0.15, 0.2) is 51.8 Å². The Morgan fingerprint density at radius 2 is 1.64 bits per heavy atom. The summed E-state index contributed by atoms with van der Waals surface area (Å²) in [5.74, 6) is 0.354. The SMILES string of the molecule is NC1CCC(CN2CCC(=C3c4ccc(F)cc4Sc4ccc(C(F)(F)F)cc43)CC2)CC1. The van der Waals surface area contributed by atoms with Gasteiger partial charge in [-0.25, -0.2) is 4.39 Å². The van der Waals surface area contributed by atoms with Gasteiger partial charge in [0.2, 0.25) is 0 Å². The molecule has 0 unspecified atom stereocenters. The summed E-state index contributed by atoms with van der Waals surface area (Å²) in [4.78, 5) is 4.01. The monoisotopic (exact) mass is 476 g/mol. The lowest BCUT2D eigenvalue weighted by molar-refractivity contribution is -0.137. The minimum atomic E-state index is -4.40. The van der Waals surface area contributed by atoms with Crippen LogP contribution in [-0.4, -0.2) is 30.6 Å². The molecule has 0 atom stereocenters. The fourth-order valence-corrected chi connectivity index (χ4v) is 6.51. The van der Waals surface area contributed by atoms with E-state index in [1.54, 1.807) is 6.07 Å². The summed E-state index contributed by atoms with van der Waals surface area (Å²) >= 11 is 1.35. The Balaban J connectivity index is 1.44. The number of alkyl halides is 3.